The molecule has 2 aromatic rings. The molecule has 0 aliphatic rings. The van der Waals surface area contributed by atoms with Crippen LogP contribution in [0.3, 0.4) is 0 Å². The van der Waals surface area contributed by atoms with Crippen molar-refractivity contribution in [3.63, 3.8) is 0 Å². The molecule has 0 amide bonds. The summed E-state index contributed by atoms with van der Waals surface area (Å²) in [6.07, 6.45) is 5.56. The van der Waals surface area contributed by atoms with Gasteiger partial charge in [-0.05, 0) is 38.7 Å². The normalized spacial score (nSPS) is 10.7. The van der Waals surface area contributed by atoms with E-state index in [1.165, 1.54) is 17.7 Å². The van der Waals surface area contributed by atoms with E-state index < -0.39 is 0 Å². The Morgan fingerprint density at radius 1 is 1.12 bits per heavy atom. The molecule has 0 N–H and O–H groups in total. The van der Waals surface area contributed by atoms with E-state index in [1.54, 1.807) is 0 Å². The van der Waals surface area contributed by atoms with Crippen molar-refractivity contribution < 1.29 is 0 Å². The van der Waals surface area contributed by atoms with Crippen LogP contribution >= 0.6 is 0 Å². The topological polar surface area (TPSA) is 17.8 Å². The van der Waals surface area contributed by atoms with Crippen molar-refractivity contribution >= 4 is 0 Å². The van der Waals surface area contributed by atoms with Gasteiger partial charge in [-0.2, -0.15) is 0 Å². The van der Waals surface area contributed by atoms with Gasteiger partial charge in [0.15, 0.2) is 0 Å². The first kappa shape index (κ1) is 11.9. The van der Waals surface area contributed by atoms with Crippen LogP contribution in [0.25, 0.3) is 0 Å². The summed E-state index contributed by atoms with van der Waals surface area (Å²) in [4.78, 5) is 4.58. The highest BCUT2D eigenvalue weighted by atomic mass is 15.1. The van der Waals surface area contributed by atoms with Crippen molar-refractivity contribution in [2.24, 2.45) is 0 Å². The van der Waals surface area contributed by atoms with E-state index >= 15 is 0 Å². The molecule has 0 saturated carbocycles. The highest BCUT2D eigenvalue weighted by Gasteiger charge is 2.02. The molecule has 0 saturated heterocycles. The zero-order valence-electron chi connectivity index (χ0n) is 10.7. The van der Waals surface area contributed by atoms with Crippen molar-refractivity contribution in [2.75, 3.05) is 0 Å². The minimum atomic E-state index is 1.01. The summed E-state index contributed by atoms with van der Waals surface area (Å²) in [5.41, 5.74) is 2.64. The summed E-state index contributed by atoms with van der Waals surface area (Å²) in [7, 11) is 0. The predicted octanol–water partition coefficient (Wildman–Crippen LogP) is 3.39. The summed E-state index contributed by atoms with van der Waals surface area (Å²) in [6.45, 7) is 5.24. The summed E-state index contributed by atoms with van der Waals surface area (Å²) >= 11 is 0. The molecule has 0 spiro atoms. The van der Waals surface area contributed by atoms with Gasteiger partial charge < -0.3 is 4.57 Å². The van der Waals surface area contributed by atoms with Crippen LogP contribution in [-0.2, 0) is 19.4 Å². The Morgan fingerprint density at radius 2 is 1.88 bits per heavy atom. The second kappa shape index (κ2) is 5.67. The molecule has 0 fully saturated rings. The van der Waals surface area contributed by atoms with Gasteiger partial charge in [0.25, 0.3) is 0 Å². The first-order valence-corrected chi connectivity index (χ1v) is 6.36. The van der Waals surface area contributed by atoms with E-state index in [0.29, 0.717) is 0 Å². The van der Waals surface area contributed by atoms with Gasteiger partial charge in [0.2, 0.25) is 0 Å². The fourth-order valence-corrected chi connectivity index (χ4v) is 2.13. The van der Waals surface area contributed by atoms with Crippen LogP contribution in [0.1, 0.15) is 30.4 Å². The van der Waals surface area contributed by atoms with E-state index in [4.69, 9.17) is 0 Å². The van der Waals surface area contributed by atoms with Gasteiger partial charge in [0.1, 0.15) is 5.82 Å². The standard InChI is InChI=1S/C15H20N2/c1-3-17-12-15(16-13(17)2)11-7-10-14-8-5-4-6-9-14/h4-6,8-9,12H,3,7,10-11H2,1-2H3. The number of aryl methyl sites for hydroxylation is 4. The van der Waals surface area contributed by atoms with Crippen molar-refractivity contribution in [2.45, 2.75) is 39.7 Å². The summed E-state index contributed by atoms with van der Waals surface area (Å²) in [5.74, 6) is 1.13. The van der Waals surface area contributed by atoms with E-state index in [2.05, 4.69) is 59.9 Å². The molecule has 2 nitrogen and oxygen atoms in total. The number of hydrogen-bond acceptors (Lipinski definition) is 1. The van der Waals surface area contributed by atoms with Crippen LogP contribution in [0.2, 0.25) is 0 Å². The molecule has 1 heterocycles. The third kappa shape index (κ3) is 3.19. The van der Waals surface area contributed by atoms with Gasteiger partial charge in [0, 0.05) is 12.7 Å². The molecule has 2 heteroatoms. The Bertz CT molecular complexity index is 457. The fraction of sp³-hybridized carbons (Fsp3) is 0.400. The van der Waals surface area contributed by atoms with Gasteiger partial charge in [-0.25, -0.2) is 4.98 Å². The largest absolute Gasteiger partial charge is 0.335 e. The number of imidazole rings is 1. The monoisotopic (exact) mass is 228 g/mol. The molecule has 0 atom stereocenters. The molecular weight excluding hydrogens is 208 g/mol. The van der Waals surface area contributed by atoms with E-state index in [0.717, 1.165) is 25.2 Å². The molecule has 0 radical (unpaired) electrons. The third-order valence-corrected chi connectivity index (χ3v) is 3.11. The average molecular weight is 228 g/mol. The van der Waals surface area contributed by atoms with Crippen molar-refractivity contribution in [1.29, 1.82) is 0 Å². The van der Waals surface area contributed by atoms with E-state index in [1.807, 2.05) is 0 Å². The Kier molecular flexibility index (Phi) is 3.97. The lowest BCUT2D eigenvalue weighted by Gasteiger charge is -1.99. The van der Waals surface area contributed by atoms with Gasteiger partial charge >= 0.3 is 0 Å². The SMILES string of the molecule is CCn1cc(CCCc2ccccc2)nc1C. The molecule has 0 unspecified atom stereocenters. The molecule has 90 valence electrons. The number of nitrogens with zero attached hydrogens (tertiary/aromatic N) is 2. The quantitative estimate of drug-likeness (QED) is 0.767. The lowest BCUT2D eigenvalue weighted by molar-refractivity contribution is 0.729. The van der Waals surface area contributed by atoms with Crippen LogP contribution < -0.4 is 0 Å². The summed E-state index contributed by atoms with van der Waals surface area (Å²) < 4.78 is 2.21. The molecule has 2 rings (SSSR count). The molecule has 1 aromatic carbocycles. The van der Waals surface area contributed by atoms with Crippen molar-refractivity contribution in [3.05, 3.63) is 53.6 Å². The molecular formula is C15H20N2. The van der Waals surface area contributed by atoms with Crippen LogP contribution in [0.4, 0.5) is 0 Å². The highest BCUT2D eigenvalue weighted by molar-refractivity contribution is 5.15. The van der Waals surface area contributed by atoms with Gasteiger partial charge in [0.05, 0.1) is 5.69 Å². The van der Waals surface area contributed by atoms with Crippen molar-refractivity contribution in [3.8, 4) is 0 Å². The first-order valence-electron chi connectivity index (χ1n) is 6.36. The van der Waals surface area contributed by atoms with Crippen molar-refractivity contribution in [1.82, 2.24) is 9.55 Å². The third-order valence-electron chi connectivity index (χ3n) is 3.11. The van der Waals surface area contributed by atoms with Gasteiger partial charge in [-0.15, -0.1) is 0 Å². The number of aromatic nitrogens is 2. The van der Waals surface area contributed by atoms with Crippen LogP contribution in [0, 0.1) is 6.92 Å². The smallest absolute Gasteiger partial charge is 0.105 e. The van der Waals surface area contributed by atoms with Gasteiger partial charge in [-0.3, -0.25) is 0 Å². The predicted molar refractivity (Wildman–Crippen MR) is 71.1 cm³/mol. The van der Waals surface area contributed by atoms with Crippen LogP contribution in [-0.4, -0.2) is 9.55 Å². The maximum Gasteiger partial charge on any atom is 0.105 e. The van der Waals surface area contributed by atoms with Crippen LogP contribution in [0.5, 0.6) is 0 Å². The molecule has 17 heavy (non-hydrogen) atoms. The van der Waals surface area contributed by atoms with Gasteiger partial charge in [-0.1, -0.05) is 30.3 Å². The fourth-order valence-electron chi connectivity index (χ4n) is 2.13. The number of hydrogen-bond donors (Lipinski definition) is 0. The first-order chi connectivity index (χ1) is 8.29. The Balaban J connectivity index is 1.86. The molecule has 0 bridgehead atoms. The molecule has 0 aliphatic heterocycles. The Morgan fingerprint density at radius 3 is 2.53 bits per heavy atom. The minimum absolute atomic E-state index is 1.01. The zero-order valence-corrected chi connectivity index (χ0v) is 10.7. The average Bonchev–Trinajstić information content (AvgIpc) is 2.71. The Labute approximate surface area is 103 Å². The maximum atomic E-state index is 4.58. The lowest BCUT2D eigenvalue weighted by atomic mass is 10.1. The summed E-state index contributed by atoms with van der Waals surface area (Å²) in [6, 6.07) is 10.7. The maximum absolute atomic E-state index is 4.58. The van der Waals surface area contributed by atoms with Crippen LogP contribution in [0.15, 0.2) is 36.5 Å². The van der Waals surface area contributed by atoms with E-state index in [9.17, 15) is 0 Å². The number of benzene rings is 1. The Hall–Kier alpha value is -1.57. The number of rotatable bonds is 5. The highest BCUT2D eigenvalue weighted by Crippen LogP contribution is 2.08. The zero-order chi connectivity index (χ0) is 12.1. The molecule has 0 aliphatic carbocycles. The minimum Gasteiger partial charge on any atom is -0.335 e. The molecule has 1 aromatic heterocycles. The summed E-state index contributed by atoms with van der Waals surface area (Å²) in [5, 5.41) is 0. The van der Waals surface area contributed by atoms with E-state index in [-0.39, 0.29) is 0 Å². The lowest BCUT2D eigenvalue weighted by Crippen LogP contribution is -1.93. The second-order valence-corrected chi connectivity index (χ2v) is 4.40. The second-order valence-electron chi connectivity index (χ2n) is 4.40.